The molecule has 0 aliphatic heterocycles. The molecule has 1 aromatic carbocycles. The van der Waals surface area contributed by atoms with Gasteiger partial charge in [0.25, 0.3) is 0 Å². The number of halogens is 1. The molecule has 0 heterocycles. The van der Waals surface area contributed by atoms with Crippen LogP contribution in [-0.2, 0) is 6.54 Å². The highest BCUT2D eigenvalue weighted by molar-refractivity contribution is 5.33. The summed E-state index contributed by atoms with van der Waals surface area (Å²) in [5.41, 5.74) is 0.852. The van der Waals surface area contributed by atoms with Crippen LogP contribution in [0.1, 0.15) is 26.3 Å². The standard InChI is InChI=1S/C13H21NO2.ClH/c1-4-16-12-8-6-5-7-11(12)9-14-13(2,3)10-15;/h5-8,14-15H,4,9-10H2,1-3H3;1H/p-1. The number of hydrogen-bond acceptors (Lipinski definition) is 3. The van der Waals surface area contributed by atoms with Crippen molar-refractivity contribution < 1.29 is 22.3 Å². The first kappa shape index (κ1) is 16.2. The lowest BCUT2D eigenvalue weighted by Crippen LogP contribution is -3.00. The minimum absolute atomic E-state index is 0. The molecule has 0 fully saturated rings. The van der Waals surface area contributed by atoms with Crippen LogP contribution >= 0.6 is 0 Å². The third kappa shape index (κ3) is 5.39. The molecular weight excluding hydrogens is 238 g/mol. The van der Waals surface area contributed by atoms with Gasteiger partial charge in [-0.15, -0.1) is 0 Å². The van der Waals surface area contributed by atoms with Crippen LogP contribution in [0.5, 0.6) is 5.75 Å². The molecule has 0 aromatic heterocycles. The molecule has 2 N–H and O–H groups in total. The number of para-hydroxylation sites is 1. The summed E-state index contributed by atoms with van der Waals surface area (Å²) in [7, 11) is 0. The number of ether oxygens (including phenoxy) is 1. The van der Waals surface area contributed by atoms with Gasteiger partial charge in [0.1, 0.15) is 5.75 Å². The van der Waals surface area contributed by atoms with Crippen LogP contribution in [0.3, 0.4) is 0 Å². The van der Waals surface area contributed by atoms with Crippen LogP contribution < -0.4 is 22.5 Å². The largest absolute Gasteiger partial charge is 1.00 e. The van der Waals surface area contributed by atoms with Gasteiger partial charge in [-0.05, 0) is 26.8 Å². The van der Waals surface area contributed by atoms with Crippen LogP contribution in [0.2, 0.25) is 0 Å². The number of aliphatic hydroxyl groups is 1. The molecule has 0 bridgehead atoms. The fraction of sp³-hybridized carbons (Fsp3) is 0.538. The zero-order chi connectivity index (χ0) is 12.0. The van der Waals surface area contributed by atoms with E-state index in [0.29, 0.717) is 13.2 Å². The van der Waals surface area contributed by atoms with E-state index in [1.807, 2.05) is 45.0 Å². The van der Waals surface area contributed by atoms with Gasteiger partial charge in [0.05, 0.1) is 13.2 Å². The van der Waals surface area contributed by atoms with E-state index in [4.69, 9.17) is 9.84 Å². The molecule has 0 spiro atoms. The average molecular weight is 259 g/mol. The van der Waals surface area contributed by atoms with Gasteiger partial charge in [-0.25, -0.2) is 0 Å². The Balaban J connectivity index is 0.00000256. The predicted octanol–water partition coefficient (Wildman–Crippen LogP) is -1.05. The number of aliphatic hydroxyl groups excluding tert-OH is 1. The van der Waals surface area contributed by atoms with Gasteiger partial charge >= 0.3 is 0 Å². The lowest BCUT2D eigenvalue weighted by molar-refractivity contribution is -0.00000496. The summed E-state index contributed by atoms with van der Waals surface area (Å²) in [5, 5.41) is 12.4. The van der Waals surface area contributed by atoms with Gasteiger partial charge in [0, 0.05) is 17.6 Å². The Morgan fingerprint density at radius 3 is 2.53 bits per heavy atom. The summed E-state index contributed by atoms with van der Waals surface area (Å²) in [6.45, 7) is 7.39. The molecule has 0 unspecified atom stereocenters. The van der Waals surface area contributed by atoms with Gasteiger partial charge in [0.15, 0.2) is 0 Å². The monoisotopic (exact) mass is 258 g/mol. The van der Waals surface area contributed by atoms with Crippen molar-refractivity contribution in [1.82, 2.24) is 5.32 Å². The third-order valence-electron chi connectivity index (χ3n) is 2.43. The van der Waals surface area contributed by atoms with E-state index in [-0.39, 0.29) is 24.6 Å². The van der Waals surface area contributed by atoms with Gasteiger partial charge in [0.2, 0.25) is 0 Å². The molecule has 3 nitrogen and oxygen atoms in total. The summed E-state index contributed by atoms with van der Waals surface area (Å²) in [6.07, 6.45) is 0. The van der Waals surface area contributed by atoms with Crippen molar-refractivity contribution in [2.75, 3.05) is 13.2 Å². The lowest BCUT2D eigenvalue weighted by atomic mass is 10.1. The molecule has 0 atom stereocenters. The molecule has 0 aliphatic rings. The number of nitrogens with one attached hydrogen (secondary N) is 1. The quantitative estimate of drug-likeness (QED) is 0.684. The Kier molecular flexibility index (Phi) is 7.19. The smallest absolute Gasteiger partial charge is 0.123 e. The third-order valence-corrected chi connectivity index (χ3v) is 2.43. The van der Waals surface area contributed by atoms with Crippen molar-refractivity contribution in [2.24, 2.45) is 0 Å². The van der Waals surface area contributed by atoms with Gasteiger partial charge < -0.3 is 27.6 Å². The van der Waals surface area contributed by atoms with Crippen molar-refractivity contribution in [3.8, 4) is 5.75 Å². The predicted molar refractivity (Wildman–Crippen MR) is 65.6 cm³/mol. The van der Waals surface area contributed by atoms with Crippen molar-refractivity contribution in [1.29, 1.82) is 0 Å². The Hall–Kier alpha value is -0.770. The minimum Gasteiger partial charge on any atom is -1.00 e. The summed E-state index contributed by atoms with van der Waals surface area (Å²) < 4.78 is 5.53. The maximum atomic E-state index is 9.15. The summed E-state index contributed by atoms with van der Waals surface area (Å²) >= 11 is 0. The van der Waals surface area contributed by atoms with Crippen molar-refractivity contribution in [3.63, 3.8) is 0 Å². The van der Waals surface area contributed by atoms with E-state index in [0.717, 1.165) is 11.3 Å². The summed E-state index contributed by atoms with van der Waals surface area (Å²) in [4.78, 5) is 0. The normalized spacial score (nSPS) is 10.8. The van der Waals surface area contributed by atoms with Crippen LogP contribution in [-0.4, -0.2) is 23.9 Å². The van der Waals surface area contributed by atoms with E-state index >= 15 is 0 Å². The first-order valence-corrected chi connectivity index (χ1v) is 5.65. The van der Waals surface area contributed by atoms with Gasteiger partial charge in [-0.2, -0.15) is 0 Å². The van der Waals surface area contributed by atoms with E-state index < -0.39 is 0 Å². The molecule has 17 heavy (non-hydrogen) atoms. The molecule has 0 amide bonds. The molecule has 1 aromatic rings. The van der Waals surface area contributed by atoms with Crippen molar-refractivity contribution >= 4 is 0 Å². The Labute approximate surface area is 110 Å². The van der Waals surface area contributed by atoms with E-state index in [2.05, 4.69) is 5.32 Å². The van der Waals surface area contributed by atoms with Gasteiger partial charge in [-0.1, -0.05) is 18.2 Å². The van der Waals surface area contributed by atoms with Crippen LogP contribution in [0.15, 0.2) is 24.3 Å². The second kappa shape index (κ2) is 7.54. The van der Waals surface area contributed by atoms with Crippen LogP contribution in [0.25, 0.3) is 0 Å². The average Bonchev–Trinajstić information content (AvgIpc) is 2.28. The lowest BCUT2D eigenvalue weighted by Gasteiger charge is -2.24. The fourth-order valence-electron chi connectivity index (χ4n) is 1.34. The topological polar surface area (TPSA) is 41.5 Å². The number of rotatable bonds is 6. The first-order valence-electron chi connectivity index (χ1n) is 5.65. The van der Waals surface area contributed by atoms with Crippen molar-refractivity contribution in [2.45, 2.75) is 32.9 Å². The fourth-order valence-corrected chi connectivity index (χ4v) is 1.34. The zero-order valence-electron chi connectivity index (χ0n) is 10.7. The van der Waals surface area contributed by atoms with Crippen LogP contribution in [0, 0.1) is 0 Å². The molecule has 0 aliphatic carbocycles. The highest BCUT2D eigenvalue weighted by atomic mass is 35.5. The Bertz CT molecular complexity index is 329. The Morgan fingerprint density at radius 2 is 1.94 bits per heavy atom. The molecule has 0 saturated heterocycles. The maximum Gasteiger partial charge on any atom is 0.123 e. The van der Waals surface area contributed by atoms with Crippen molar-refractivity contribution in [3.05, 3.63) is 29.8 Å². The van der Waals surface area contributed by atoms with E-state index in [9.17, 15) is 0 Å². The summed E-state index contributed by atoms with van der Waals surface area (Å²) in [6, 6.07) is 7.95. The van der Waals surface area contributed by atoms with Gasteiger partial charge in [-0.3, -0.25) is 0 Å². The number of benzene rings is 1. The van der Waals surface area contributed by atoms with E-state index in [1.165, 1.54) is 0 Å². The summed E-state index contributed by atoms with van der Waals surface area (Å²) in [5.74, 6) is 0.909. The van der Waals surface area contributed by atoms with Crippen LogP contribution in [0.4, 0.5) is 0 Å². The number of hydrogen-bond donors (Lipinski definition) is 2. The first-order chi connectivity index (χ1) is 7.59. The molecule has 0 radical (unpaired) electrons. The Morgan fingerprint density at radius 1 is 1.29 bits per heavy atom. The minimum atomic E-state index is -0.265. The second-order valence-electron chi connectivity index (χ2n) is 4.44. The molecule has 1 rings (SSSR count). The molecular formula is C13H21ClNO2-. The second-order valence-corrected chi connectivity index (χ2v) is 4.44. The molecule has 0 saturated carbocycles. The van der Waals surface area contributed by atoms with E-state index in [1.54, 1.807) is 0 Å². The maximum absolute atomic E-state index is 9.15. The highest BCUT2D eigenvalue weighted by Gasteiger charge is 2.15. The highest BCUT2D eigenvalue weighted by Crippen LogP contribution is 2.18. The molecule has 4 heteroatoms. The SMILES string of the molecule is CCOc1ccccc1CNC(C)(C)CO.[Cl-]. The molecule has 98 valence electrons. The zero-order valence-corrected chi connectivity index (χ0v) is 11.4.